The van der Waals surface area contributed by atoms with E-state index in [-0.39, 0.29) is 29.1 Å². The number of hydrogen-bond donors (Lipinski definition) is 1. The first kappa shape index (κ1) is 30.2. The van der Waals surface area contributed by atoms with Gasteiger partial charge in [0.2, 0.25) is 11.8 Å². The summed E-state index contributed by atoms with van der Waals surface area (Å²) in [6, 6.07) is 19.6. The summed E-state index contributed by atoms with van der Waals surface area (Å²) in [7, 11) is -4.14. The molecule has 2 amide bonds. The molecule has 0 spiro atoms. The summed E-state index contributed by atoms with van der Waals surface area (Å²) in [6.07, 6.45) is 0.359. The average molecular weight is 570 g/mol. The van der Waals surface area contributed by atoms with Crippen LogP contribution in [0.5, 0.6) is 0 Å². The fraction of sp³-hybridized carbons (Fsp3) is 0.333. The van der Waals surface area contributed by atoms with Gasteiger partial charge < -0.3 is 10.2 Å². The lowest BCUT2D eigenvalue weighted by atomic mass is 10.1. The zero-order valence-electron chi connectivity index (χ0n) is 23.0. The predicted molar refractivity (Wildman–Crippen MR) is 156 cm³/mol. The Hall–Kier alpha value is -3.36. The molecule has 3 aromatic carbocycles. The quantitative estimate of drug-likeness (QED) is 0.331. The summed E-state index contributed by atoms with van der Waals surface area (Å²) in [5, 5.41) is 3.23. The standard InChI is InChI=1S/C30H36ClN3O4S/c1-6-28(30(36)32-21(2)3)33(19-24-14-10-22(4)11-15-24)29(35)20-34(26-9-7-8-25(31)18-26)39(37,38)27-16-12-23(5)13-17-27/h7-18,21,28H,6,19-20H2,1-5H3,(H,32,36)/t28-/m1/s1. The third-order valence-electron chi connectivity index (χ3n) is 6.27. The number of carbonyl (C=O) groups excluding carboxylic acids is 2. The van der Waals surface area contributed by atoms with Gasteiger partial charge in [0.1, 0.15) is 12.6 Å². The number of nitrogens with one attached hydrogen (secondary N) is 1. The van der Waals surface area contributed by atoms with Crippen molar-refractivity contribution < 1.29 is 18.0 Å². The minimum absolute atomic E-state index is 0.0514. The molecule has 0 aliphatic carbocycles. The SMILES string of the molecule is CC[C@H](C(=O)NC(C)C)N(Cc1ccc(C)cc1)C(=O)CN(c1cccc(Cl)c1)S(=O)(=O)c1ccc(C)cc1. The average Bonchev–Trinajstić information content (AvgIpc) is 2.88. The molecule has 7 nitrogen and oxygen atoms in total. The number of amides is 2. The molecule has 0 bridgehead atoms. The van der Waals surface area contributed by atoms with Crippen LogP contribution >= 0.6 is 11.6 Å². The van der Waals surface area contributed by atoms with E-state index in [1.165, 1.54) is 23.1 Å². The van der Waals surface area contributed by atoms with Crippen molar-refractivity contribution >= 4 is 39.1 Å². The van der Waals surface area contributed by atoms with Gasteiger partial charge in [-0.1, -0.05) is 72.1 Å². The summed E-state index contributed by atoms with van der Waals surface area (Å²) in [5.41, 5.74) is 3.06. The molecule has 0 aliphatic heterocycles. The monoisotopic (exact) mass is 569 g/mol. The lowest BCUT2D eigenvalue weighted by Gasteiger charge is -2.33. The first-order chi connectivity index (χ1) is 18.4. The van der Waals surface area contributed by atoms with Gasteiger partial charge in [-0.05, 0) is 70.0 Å². The first-order valence-corrected chi connectivity index (χ1v) is 14.7. The zero-order valence-corrected chi connectivity index (χ0v) is 24.6. The molecule has 3 rings (SSSR count). The molecule has 0 aromatic heterocycles. The van der Waals surface area contributed by atoms with E-state index in [1.54, 1.807) is 30.3 Å². The molecule has 0 aliphatic rings. The normalized spacial score (nSPS) is 12.2. The van der Waals surface area contributed by atoms with E-state index in [9.17, 15) is 18.0 Å². The van der Waals surface area contributed by atoms with Crippen LogP contribution in [0.3, 0.4) is 0 Å². The maximum absolute atomic E-state index is 14.0. The Kier molecular flexibility index (Phi) is 10.2. The topological polar surface area (TPSA) is 86.8 Å². The van der Waals surface area contributed by atoms with E-state index >= 15 is 0 Å². The smallest absolute Gasteiger partial charge is 0.264 e. The summed E-state index contributed by atoms with van der Waals surface area (Å²) in [6.45, 7) is 9.02. The van der Waals surface area contributed by atoms with Gasteiger partial charge >= 0.3 is 0 Å². The minimum atomic E-state index is -4.14. The van der Waals surface area contributed by atoms with E-state index in [0.29, 0.717) is 11.4 Å². The Balaban J connectivity index is 2.06. The molecule has 0 unspecified atom stereocenters. The third-order valence-corrected chi connectivity index (χ3v) is 8.30. The zero-order chi connectivity index (χ0) is 28.7. The second-order valence-electron chi connectivity index (χ2n) is 9.90. The van der Waals surface area contributed by atoms with Crippen molar-refractivity contribution in [2.45, 2.75) is 64.6 Å². The van der Waals surface area contributed by atoms with Crippen LogP contribution in [-0.2, 0) is 26.2 Å². The Bertz CT molecular complexity index is 1390. The number of anilines is 1. The summed E-state index contributed by atoms with van der Waals surface area (Å²) in [5.74, 6) is -0.791. The number of rotatable bonds is 11. The number of carbonyl (C=O) groups is 2. The van der Waals surface area contributed by atoms with Crippen molar-refractivity contribution in [1.29, 1.82) is 0 Å². The van der Waals surface area contributed by atoms with Gasteiger partial charge in [-0.25, -0.2) is 8.42 Å². The third kappa shape index (κ3) is 7.83. The van der Waals surface area contributed by atoms with Crippen molar-refractivity contribution in [1.82, 2.24) is 10.2 Å². The number of hydrogen-bond acceptors (Lipinski definition) is 4. The van der Waals surface area contributed by atoms with Gasteiger partial charge in [-0.15, -0.1) is 0 Å². The van der Waals surface area contributed by atoms with Crippen molar-refractivity contribution in [3.05, 3.63) is 94.5 Å². The fourth-order valence-electron chi connectivity index (χ4n) is 4.19. The second kappa shape index (κ2) is 13.1. The maximum Gasteiger partial charge on any atom is 0.264 e. The Morgan fingerprint density at radius 3 is 2.05 bits per heavy atom. The molecule has 1 atom stereocenters. The van der Waals surface area contributed by atoms with E-state index in [1.807, 2.05) is 58.9 Å². The Morgan fingerprint density at radius 1 is 0.923 bits per heavy atom. The molecule has 208 valence electrons. The summed E-state index contributed by atoms with van der Waals surface area (Å²) < 4.78 is 28.8. The number of benzene rings is 3. The van der Waals surface area contributed by atoms with Gasteiger partial charge in [0.25, 0.3) is 10.0 Å². The molecule has 0 saturated carbocycles. The second-order valence-corrected chi connectivity index (χ2v) is 12.2. The van der Waals surface area contributed by atoms with Gasteiger partial charge in [-0.2, -0.15) is 0 Å². The number of sulfonamides is 1. The molecule has 0 saturated heterocycles. The molecular weight excluding hydrogens is 534 g/mol. The summed E-state index contributed by atoms with van der Waals surface area (Å²) >= 11 is 6.22. The lowest BCUT2D eigenvalue weighted by molar-refractivity contribution is -0.140. The Morgan fingerprint density at radius 2 is 1.51 bits per heavy atom. The van der Waals surface area contributed by atoms with Crippen LogP contribution in [0.2, 0.25) is 5.02 Å². The van der Waals surface area contributed by atoms with Crippen LogP contribution in [0.4, 0.5) is 5.69 Å². The number of nitrogens with zero attached hydrogens (tertiary/aromatic N) is 2. The molecule has 1 N–H and O–H groups in total. The van der Waals surface area contributed by atoms with Crippen LogP contribution in [0.1, 0.15) is 43.9 Å². The van der Waals surface area contributed by atoms with Crippen LogP contribution in [0, 0.1) is 13.8 Å². The number of halogens is 1. The van der Waals surface area contributed by atoms with Crippen LogP contribution in [0.25, 0.3) is 0 Å². The highest BCUT2D eigenvalue weighted by Crippen LogP contribution is 2.27. The maximum atomic E-state index is 14.0. The van der Waals surface area contributed by atoms with E-state index in [2.05, 4.69) is 5.32 Å². The minimum Gasteiger partial charge on any atom is -0.352 e. The highest BCUT2D eigenvalue weighted by molar-refractivity contribution is 7.92. The lowest BCUT2D eigenvalue weighted by Crippen LogP contribution is -2.53. The van der Waals surface area contributed by atoms with E-state index in [4.69, 9.17) is 11.6 Å². The first-order valence-electron chi connectivity index (χ1n) is 12.9. The largest absolute Gasteiger partial charge is 0.352 e. The van der Waals surface area contributed by atoms with Crippen LogP contribution in [0.15, 0.2) is 77.7 Å². The molecule has 9 heteroatoms. The molecule has 3 aromatic rings. The van der Waals surface area contributed by atoms with Crippen molar-refractivity contribution in [2.75, 3.05) is 10.8 Å². The Labute approximate surface area is 236 Å². The molecule has 39 heavy (non-hydrogen) atoms. The molecule has 0 heterocycles. The van der Waals surface area contributed by atoms with Gasteiger partial charge in [0.05, 0.1) is 10.6 Å². The molecular formula is C30H36ClN3O4S. The summed E-state index contributed by atoms with van der Waals surface area (Å²) in [4.78, 5) is 28.7. The molecule has 0 radical (unpaired) electrons. The van der Waals surface area contributed by atoms with Gasteiger partial charge in [0, 0.05) is 17.6 Å². The fourth-order valence-corrected chi connectivity index (χ4v) is 5.78. The van der Waals surface area contributed by atoms with Crippen molar-refractivity contribution in [3.8, 4) is 0 Å². The van der Waals surface area contributed by atoms with Crippen molar-refractivity contribution in [3.63, 3.8) is 0 Å². The van der Waals surface area contributed by atoms with E-state index < -0.39 is 28.5 Å². The van der Waals surface area contributed by atoms with E-state index in [0.717, 1.165) is 21.0 Å². The number of aryl methyl sites for hydroxylation is 2. The van der Waals surface area contributed by atoms with Gasteiger partial charge in [-0.3, -0.25) is 13.9 Å². The predicted octanol–water partition coefficient (Wildman–Crippen LogP) is 5.48. The van der Waals surface area contributed by atoms with Crippen LogP contribution in [-0.4, -0.2) is 43.8 Å². The highest BCUT2D eigenvalue weighted by Gasteiger charge is 2.33. The van der Waals surface area contributed by atoms with Gasteiger partial charge in [0.15, 0.2) is 0 Å². The van der Waals surface area contributed by atoms with Crippen LogP contribution < -0.4 is 9.62 Å². The van der Waals surface area contributed by atoms with Crippen molar-refractivity contribution in [2.24, 2.45) is 0 Å². The highest BCUT2D eigenvalue weighted by atomic mass is 35.5. The molecule has 0 fully saturated rings.